The topological polar surface area (TPSA) is 52.7 Å². The molecule has 0 aromatic heterocycles. The van der Waals surface area contributed by atoms with E-state index in [2.05, 4.69) is 24.2 Å². The van der Waals surface area contributed by atoms with Crippen molar-refractivity contribution in [1.82, 2.24) is 15.1 Å². The first kappa shape index (κ1) is 18.3. The number of rotatable bonds is 5. The Morgan fingerprint density at radius 2 is 1.50 bits per heavy atom. The van der Waals surface area contributed by atoms with Crippen molar-refractivity contribution in [2.75, 3.05) is 33.2 Å². The number of hydrogen-bond donors (Lipinski definition) is 1. The van der Waals surface area contributed by atoms with Crippen LogP contribution < -0.4 is 5.32 Å². The van der Waals surface area contributed by atoms with Gasteiger partial charge < -0.3 is 15.1 Å². The van der Waals surface area contributed by atoms with Gasteiger partial charge in [-0.15, -0.1) is 0 Å². The smallest absolute Gasteiger partial charge is 0.223 e. The molecule has 5 heteroatoms. The van der Waals surface area contributed by atoms with E-state index >= 15 is 0 Å². The fourth-order valence-corrected chi connectivity index (χ4v) is 6.61. The third-order valence-electron chi connectivity index (χ3n) is 7.80. The van der Waals surface area contributed by atoms with Crippen LogP contribution in [0.25, 0.3) is 0 Å². The summed E-state index contributed by atoms with van der Waals surface area (Å²) in [5.74, 6) is 2.91. The molecule has 5 aliphatic rings. The lowest BCUT2D eigenvalue weighted by Crippen LogP contribution is -2.55. The Morgan fingerprint density at radius 3 is 2.04 bits per heavy atom. The van der Waals surface area contributed by atoms with Gasteiger partial charge >= 0.3 is 0 Å². The third kappa shape index (κ3) is 3.64. The number of nitrogens with zero attached hydrogens (tertiary/aromatic N) is 2. The molecule has 4 aliphatic carbocycles. The molecular weight excluding hydrogens is 326 g/mol. The Labute approximate surface area is 157 Å². The number of likely N-dealkylation sites (N-methyl/N-ethyl adjacent to an activating group) is 1. The van der Waals surface area contributed by atoms with Gasteiger partial charge in [-0.25, -0.2) is 0 Å². The molecule has 1 aliphatic heterocycles. The first-order valence-corrected chi connectivity index (χ1v) is 10.7. The van der Waals surface area contributed by atoms with Crippen molar-refractivity contribution < 1.29 is 9.59 Å². The summed E-state index contributed by atoms with van der Waals surface area (Å²) in [6.07, 6.45) is 8.89. The van der Waals surface area contributed by atoms with Crippen LogP contribution in [0.15, 0.2) is 0 Å². The third-order valence-corrected chi connectivity index (χ3v) is 7.80. The predicted octanol–water partition coefficient (Wildman–Crippen LogP) is 2.26. The van der Waals surface area contributed by atoms with Crippen molar-refractivity contribution in [3.8, 4) is 0 Å². The number of piperazine rings is 1. The Morgan fingerprint density at radius 1 is 0.962 bits per heavy atom. The molecule has 1 heterocycles. The standard InChI is InChI=1S/C21H35N3O2/c1-15(21-12-16-9-17(13-21)11-18(10-16)14-21)22-19(25)3-4-20(26)24-7-5-23(2)6-8-24/h15-18H,3-14H2,1-2H3,(H,22,25)/t15-,16?,17?,18?,21?/m1/s1. The number of carbonyl (C=O) groups is 2. The molecule has 2 amide bonds. The van der Waals surface area contributed by atoms with Gasteiger partial charge in [0, 0.05) is 45.1 Å². The second-order valence-corrected chi connectivity index (χ2v) is 9.75. The van der Waals surface area contributed by atoms with Gasteiger partial charge in [0.2, 0.25) is 11.8 Å². The van der Waals surface area contributed by atoms with E-state index < -0.39 is 0 Å². The molecule has 4 saturated carbocycles. The van der Waals surface area contributed by atoms with Crippen LogP contribution in [0, 0.1) is 23.2 Å². The predicted molar refractivity (Wildman–Crippen MR) is 102 cm³/mol. The van der Waals surface area contributed by atoms with Crippen LogP contribution in [0.2, 0.25) is 0 Å². The molecule has 1 N–H and O–H groups in total. The Bertz CT molecular complexity index is 518. The van der Waals surface area contributed by atoms with Crippen LogP contribution in [-0.4, -0.2) is 60.9 Å². The molecule has 0 aromatic carbocycles. The Balaban J connectivity index is 1.25. The average molecular weight is 362 g/mol. The van der Waals surface area contributed by atoms with Gasteiger partial charge in [-0.2, -0.15) is 0 Å². The minimum absolute atomic E-state index is 0.0655. The lowest BCUT2D eigenvalue weighted by molar-refractivity contribution is -0.135. The summed E-state index contributed by atoms with van der Waals surface area (Å²) in [4.78, 5) is 29.0. The Kier molecular flexibility index (Phi) is 5.02. The van der Waals surface area contributed by atoms with E-state index in [0.717, 1.165) is 43.9 Å². The Hall–Kier alpha value is -1.10. The van der Waals surface area contributed by atoms with Crippen molar-refractivity contribution >= 4 is 11.8 Å². The van der Waals surface area contributed by atoms with Crippen molar-refractivity contribution in [2.45, 2.75) is 64.3 Å². The quantitative estimate of drug-likeness (QED) is 0.817. The molecule has 1 atom stereocenters. The van der Waals surface area contributed by atoms with E-state index in [9.17, 15) is 9.59 Å². The summed E-state index contributed by atoms with van der Waals surface area (Å²) >= 11 is 0. The first-order valence-electron chi connectivity index (χ1n) is 10.7. The zero-order valence-corrected chi connectivity index (χ0v) is 16.5. The maximum atomic E-state index is 12.5. The van der Waals surface area contributed by atoms with Gasteiger partial charge in [0.25, 0.3) is 0 Å². The van der Waals surface area contributed by atoms with Crippen molar-refractivity contribution in [3.05, 3.63) is 0 Å². The molecular formula is C21H35N3O2. The van der Waals surface area contributed by atoms with E-state index in [1.807, 2.05) is 4.90 Å². The summed E-state index contributed by atoms with van der Waals surface area (Å²) in [7, 11) is 2.08. The number of nitrogens with one attached hydrogen (secondary N) is 1. The largest absolute Gasteiger partial charge is 0.353 e. The highest BCUT2D eigenvalue weighted by Gasteiger charge is 2.53. The fourth-order valence-electron chi connectivity index (χ4n) is 6.61. The maximum Gasteiger partial charge on any atom is 0.223 e. The van der Waals surface area contributed by atoms with Crippen LogP contribution in [0.4, 0.5) is 0 Å². The second-order valence-electron chi connectivity index (χ2n) is 9.75. The van der Waals surface area contributed by atoms with Gasteiger partial charge in [0.05, 0.1) is 0 Å². The van der Waals surface area contributed by atoms with Crippen LogP contribution in [0.1, 0.15) is 58.3 Å². The maximum absolute atomic E-state index is 12.5. The molecule has 1 saturated heterocycles. The highest BCUT2D eigenvalue weighted by Crippen LogP contribution is 2.61. The molecule has 0 radical (unpaired) electrons. The normalized spacial score (nSPS) is 37.6. The minimum atomic E-state index is 0.0655. The van der Waals surface area contributed by atoms with E-state index in [4.69, 9.17) is 0 Å². The highest BCUT2D eigenvalue weighted by atomic mass is 16.2. The summed E-state index contributed by atoms with van der Waals surface area (Å²) < 4.78 is 0. The molecule has 0 unspecified atom stereocenters. The lowest BCUT2D eigenvalue weighted by atomic mass is 9.48. The van der Waals surface area contributed by atoms with Crippen LogP contribution in [0.3, 0.4) is 0 Å². The summed E-state index contributed by atoms with van der Waals surface area (Å²) in [6.45, 7) is 5.66. The van der Waals surface area contributed by atoms with Crippen LogP contribution in [0.5, 0.6) is 0 Å². The monoisotopic (exact) mass is 361 g/mol. The molecule has 0 spiro atoms. The van der Waals surface area contributed by atoms with Crippen LogP contribution >= 0.6 is 0 Å². The number of carbonyl (C=O) groups excluding carboxylic acids is 2. The first-order chi connectivity index (χ1) is 12.4. The van der Waals surface area contributed by atoms with Gasteiger partial charge in [-0.1, -0.05) is 0 Å². The van der Waals surface area contributed by atoms with E-state index in [1.165, 1.54) is 38.5 Å². The molecule has 5 nitrogen and oxygen atoms in total. The van der Waals surface area contributed by atoms with Crippen molar-refractivity contribution in [2.24, 2.45) is 23.2 Å². The van der Waals surface area contributed by atoms with Gasteiger partial charge in [-0.05, 0) is 75.7 Å². The molecule has 146 valence electrons. The highest BCUT2D eigenvalue weighted by molar-refractivity contribution is 5.84. The number of amides is 2. The second kappa shape index (κ2) is 7.14. The van der Waals surface area contributed by atoms with E-state index in [-0.39, 0.29) is 17.9 Å². The molecule has 4 bridgehead atoms. The average Bonchev–Trinajstić information content (AvgIpc) is 2.59. The molecule has 5 fully saturated rings. The van der Waals surface area contributed by atoms with Gasteiger partial charge in [0.1, 0.15) is 0 Å². The molecule has 26 heavy (non-hydrogen) atoms. The van der Waals surface area contributed by atoms with Crippen LogP contribution in [-0.2, 0) is 9.59 Å². The summed E-state index contributed by atoms with van der Waals surface area (Å²) in [5.41, 5.74) is 0.339. The SMILES string of the molecule is C[C@@H](NC(=O)CCC(=O)N1CCN(C)CC1)C12CC3CC(CC(C3)C1)C2. The lowest BCUT2D eigenvalue weighted by Gasteiger charge is -2.59. The zero-order valence-electron chi connectivity index (χ0n) is 16.5. The minimum Gasteiger partial charge on any atom is -0.353 e. The zero-order chi connectivity index (χ0) is 18.3. The summed E-state index contributed by atoms with van der Waals surface area (Å²) in [5, 5.41) is 3.28. The van der Waals surface area contributed by atoms with Crippen molar-refractivity contribution in [3.63, 3.8) is 0 Å². The number of hydrogen-bond acceptors (Lipinski definition) is 3. The van der Waals surface area contributed by atoms with Crippen molar-refractivity contribution in [1.29, 1.82) is 0 Å². The van der Waals surface area contributed by atoms with E-state index in [1.54, 1.807) is 0 Å². The summed E-state index contributed by atoms with van der Waals surface area (Å²) in [6, 6.07) is 0.252. The van der Waals surface area contributed by atoms with E-state index in [0.29, 0.717) is 18.3 Å². The van der Waals surface area contributed by atoms with Gasteiger partial charge in [-0.3, -0.25) is 9.59 Å². The molecule has 0 aromatic rings. The fraction of sp³-hybridized carbons (Fsp3) is 0.905. The van der Waals surface area contributed by atoms with Gasteiger partial charge in [0.15, 0.2) is 0 Å². The molecule has 5 rings (SSSR count).